The molecule has 1 rings (SSSR count). The molecule has 0 spiro atoms. The minimum Gasteiger partial charge on any atom is -0.389 e. The minimum absolute atomic E-state index is 0.600. The van der Waals surface area contributed by atoms with Gasteiger partial charge in [0, 0.05) is 12.3 Å². The lowest BCUT2D eigenvalue weighted by Gasteiger charge is -2.19. The van der Waals surface area contributed by atoms with Gasteiger partial charge in [0.25, 0.3) is 0 Å². The highest BCUT2D eigenvalue weighted by Gasteiger charge is 2.19. The predicted octanol–water partition coefficient (Wildman–Crippen LogP) is 1.17. The van der Waals surface area contributed by atoms with Crippen molar-refractivity contribution in [1.29, 1.82) is 0 Å². The topological polar surface area (TPSA) is 75.9 Å². The maximum Gasteiger partial charge on any atom is 0.209 e. The summed E-state index contributed by atoms with van der Waals surface area (Å²) in [6, 6.07) is 0. The molecule has 1 aromatic rings. The Morgan fingerprint density at radius 2 is 2.21 bits per heavy atom. The van der Waals surface area contributed by atoms with Crippen LogP contribution >= 0.6 is 11.8 Å². The average Bonchev–Trinajstić information content (AvgIpc) is 2.80. The number of aromatic nitrogens is 4. The van der Waals surface area contributed by atoms with Crippen molar-refractivity contribution in [3.63, 3.8) is 0 Å². The number of hydrogen-bond acceptors (Lipinski definition) is 6. The molecule has 0 aliphatic heterocycles. The molecule has 0 aromatic carbocycles. The van der Waals surface area contributed by atoms with E-state index in [1.54, 1.807) is 4.68 Å². The van der Waals surface area contributed by atoms with Crippen LogP contribution in [0.2, 0.25) is 0 Å². The minimum atomic E-state index is -0.669. The number of aliphatic hydroxyl groups is 1. The summed E-state index contributed by atoms with van der Waals surface area (Å²) < 4.78 is 1.78. The molecule has 1 aromatic heterocycles. The van der Waals surface area contributed by atoms with Gasteiger partial charge in [0.05, 0.1) is 12.1 Å². The lowest BCUT2D eigenvalue weighted by atomic mass is 10.1. The zero-order chi connectivity index (χ0) is 14.3. The smallest absolute Gasteiger partial charge is 0.209 e. The molecule has 0 saturated carbocycles. The molecule has 0 aliphatic rings. The zero-order valence-corrected chi connectivity index (χ0v) is 13.1. The SMILES string of the molecule is CCC(C)(O)CSc1nnnn1CCNCC(C)C. The number of tetrazole rings is 1. The summed E-state index contributed by atoms with van der Waals surface area (Å²) in [6.45, 7) is 10.8. The first-order valence-corrected chi connectivity index (χ1v) is 7.75. The third kappa shape index (κ3) is 6.35. The van der Waals surface area contributed by atoms with Gasteiger partial charge in [-0.05, 0) is 36.2 Å². The Kier molecular flexibility index (Phi) is 6.74. The van der Waals surface area contributed by atoms with Crippen LogP contribution in [0.25, 0.3) is 0 Å². The van der Waals surface area contributed by atoms with Gasteiger partial charge in [-0.2, -0.15) is 0 Å². The second-order valence-electron chi connectivity index (χ2n) is 5.42. The van der Waals surface area contributed by atoms with Crippen molar-refractivity contribution < 1.29 is 5.11 Å². The molecule has 0 amide bonds. The summed E-state index contributed by atoms with van der Waals surface area (Å²) in [5, 5.41) is 25.8. The lowest BCUT2D eigenvalue weighted by Crippen LogP contribution is -2.27. The van der Waals surface area contributed by atoms with Crippen molar-refractivity contribution in [3.05, 3.63) is 0 Å². The fraction of sp³-hybridized carbons (Fsp3) is 0.917. The summed E-state index contributed by atoms with van der Waals surface area (Å²) in [6.07, 6.45) is 0.720. The molecule has 0 saturated heterocycles. The Hall–Kier alpha value is -0.660. The van der Waals surface area contributed by atoms with Crippen LogP contribution in [-0.4, -0.2) is 49.8 Å². The quantitative estimate of drug-likeness (QED) is 0.524. The van der Waals surface area contributed by atoms with E-state index < -0.39 is 5.60 Å². The summed E-state index contributed by atoms with van der Waals surface area (Å²) in [4.78, 5) is 0. The van der Waals surface area contributed by atoms with Crippen molar-refractivity contribution >= 4 is 11.8 Å². The molecule has 1 atom stereocenters. The standard InChI is InChI=1S/C12H25N5OS/c1-5-12(4,18)9-19-11-14-15-16-17(11)7-6-13-8-10(2)3/h10,13,18H,5-9H2,1-4H3. The molecule has 7 heteroatoms. The van der Waals surface area contributed by atoms with Crippen LogP contribution in [0.3, 0.4) is 0 Å². The monoisotopic (exact) mass is 287 g/mol. The lowest BCUT2D eigenvalue weighted by molar-refractivity contribution is 0.0815. The van der Waals surface area contributed by atoms with E-state index in [-0.39, 0.29) is 0 Å². The molecule has 1 unspecified atom stereocenters. The number of thioether (sulfide) groups is 1. The van der Waals surface area contributed by atoms with E-state index in [1.165, 1.54) is 11.8 Å². The van der Waals surface area contributed by atoms with Crippen LogP contribution in [0.5, 0.6) is 0 Å². The molecule has 0 aliphatic carbocycles. The van der Waals surface area contributed by atoms with Gasteiger partial charge in [-0.3, -0.25) is 0 Å². The Balaban J connectivity index is 2.38. The second kappa shape index (κ2) is 7.81. The number of nitrogens with one attached hydrogen (secondary N) is 1. The normalized spacial score (nSPS) is 14.8. The Morgan fingerprint density at radius 1 is 1.47 bits per heavy atom. The fourth-order valence-corrected chi connectivity index (χ4v) is 2.35. The third-order valence-corrected chi connectivity index (χ3v) is 4.14. The third-order valence-electron chi connectivity index (χ3n) is 2.83. The second-order valence-corrected chi connectivity index (χ2v) is 6.36. The molecule has 1 heterocycles. The van der Waals surface area contributed by atoms with Crippen LogP contribution in [0.1, 0.15) is 34.1 Å². The van der Waals surface area contributed by atoms with E-state index >= 15 is 0 Å². The number of nitrogens with zero attached hydrogens (tertiary/aromatic N) is 4. The van der Waals surface area contributed by atoms with Crippen molar-refractivity contribution in [3.8, 4) is 0 Å². The predicted molar refractivity (Wildman–Crippen MR) is 77.2 cm³/mol. The van der Waals surface area contributed by atoms with E-state index in [4.69, 9.17) is 0 Å². The van der Waals surface area contributed by atoms with E-state index in [2.05, 4.69) is 34.7 Å². The number of rotatable bonds is 9. The molecule has 2 N–H and O–H groups in total. The van der Waals surface area contributed by atoms with Crippen LogP contribution in [0.15, 0.2) is 5.16 Å². The van der Waals surface area contributed by atoms with Crippen molar-refractivity contribution in [1.82, 2.24) is 25.5 Å². The molecule has 19 heavy (non-hydrogen) atoms. The summed E-state index contributed by atoms with van der Waals surface area (Å²) in [7, 11) is 0. The van der Waals surface area contributed by atoms with Crippen LogP contribution in [0, 0.1) is 5.92 Å². The van der Waals surface area contributed by atoms with Gasteiger partial charge in [0.1, 0.15) is 0 Å². The van der Waals surface area contributed by atoms with E-state index in [0.717, 1.165) is 31.2 Å². The molecular weight excluding hydrogens is 262 g/mol. The zero-order valence-electron chi connectivity index (χ0n) is 12.3. The largest absolute Gasteiger partial charge is 0.389 e. The average molecular weight is 287 g/mol. The van der Waals surface area contributed by atoms with Gasteiger partial charge < -0.3 is 10.4 Å². The van der Waals surface area contributed by atoms with Crippen molar-refractivity contribution in [2.75, 3.05) is 18.8 Å². The Labute approximate surface area is 119 Å². The molecule has 0 radical (unpaired) electrons. The molecular formula is C12H25N5OS. The van der Waals surface area contributed by atoms with Gasteiger partial charge >= 0.3 is 0 Å². The van der Waals surface area contributed by atoms with Crippen LogP contribution in [-0.2, 0) is 6.54 Å². The first-order valence-electron chi connectivity index (χ1n) is 6.76. The van der Waals surface area contributed by atoms with Gasteiger partial charge in [-0.25, -0.2) is 4.68 Å². The maximum atomic E-state index is 9.98. The van der Waals surface area contributed by atoms with E-state index in [0.29, 0.717) is 11.7 Å². The van der Waals surface area contributed by atoms with Crippen LogP contribution in [0.4, 0.5) is 0 Å². The first-order chi connectivity index (χ1) is 8.94. The van der Waals surface area contributed by atoms with Gasteiger partial charge in [-0.15, -0.1) is 5.10 Å². The fourth-order valence-electron chi connectivity index (χ4n) is 1.34. The molecule has 0 bridgehead atoms. The summed E-state index contributed by atoms with van der Waals surface area (Å²) in [5.41, 5.74) is -0.669. The Morgan fingerprint density at radius 3 is 2.84 bits per heavy atom. The highest BCUT2D eigenvalue weighted by atomic mass is 32.2. The molecule has 110 valence electrons. The summed E-state index contributed by atoms with van der Waals surface area (Å²) in [5.74, 6) is 1.24. The summed E-state index contributed by atoms with van der Waals surface area (Å²) >= 11 is 1.50. The van der Waals surface area contributed by atoms with Gasteiger partial charge in [-0.1, -0.05) is 32.5 Å². The number of hydrogen-bond donors (Lipinski definition) is 2. The van der Waals surface area contributed by atoms with Crippen molar-refractivity contribution in [2.45, 2.75) is 51.4 Å². The maximum absolute atomic E-state index is 9.98. The Bertz CT molecular complexity index is 367. The van der Waals surface area contributed by atoms with Gasteiger partial charge in [0.2, 0.25) is 5.16 Å². The first kappa shape index (κ1) is 16.4. The van der Waals surface area contributed by atoms with E-state index in [1.807, 2.05) is 13.8 Å². The molecule has 0 fully saturated rings. The van der Waals surface area contributed by atoms with Gasteiger partial charge in [0.15, 0.2) is 0 Å². The highest BCUT2D eigenvalue weighted by molar-refractivity contribution is 7.99. The van der Waals surface area contributed by atoms with Crippen molar-refractivity contribution in [2.24, 2.45) is 5.92 Å². The van der Waals surface area contributed by atoms with Crippen LogP contribution < -0.4 is 5.32 Å². The molecule has 6 nitrogen and oxygen atoms in total. The highest BCUT2D eigenvalue weighted by Crippen LogP contribution is 2.21. The van der Waals surface area contributed by atoms with E-state index in [9.17, 15) is 5.11 Å².